The second kappa shape index (κ2) is 7.39. The van der Waals surface area contributed by atoms with Crippen LogP contribution in [0.25, 0.3) is 11.3 Å². The molecule has 0 radical (unpaired) electrons. The van der Waals surface area contributed by atoms with Gasteiger partial charge in [-0.15, -0.1) is 0 Å². The second-order valence-corrected chi connectivity index (χ2v) is 6.87. The third kappa shape index (κ3) is 3.54. The van der Waals surface area contributed by atoms with E-state index in [2.05, 4.69) is 20.6 Å². The van der Waals surface area contributed by atoms with Gasteiger partial charge in [-0.25, -0.2) is 4.39 Å². The molecule has 0 spiro atoms. The molecule has 1 aliphatic carbocycles. The molecule has 1 aliphatic rings. The van der Waals surface area contributed by atoms with Crippen molar-refractivity contribution in [1.82, 2.24) is 25.3 Å². The molecule has 7 heteroatoms. The summed E-state index contributed by atoms with van der Waals surface area (Å²) in [5.41, 5.74) is 2.07. The van der Waals surface area contributed by atoms with Crippen molar-refractivity contribution in [3.8, 4) is 11.3 Å². The summed E-state index contributed by atoms with van der Waals surface area (Å²) in [7, 11) is 0. The minimum Gasteiger partial charge on any atom is -0.391 e. The van der Waals surface area contributed by atoms with Crippen molar-refractivity contribution in [3.63, 3.8) is 0 Å². The van der Waals surface area contributed by atoms with Gasteiger partial charge in [0.1, 0.15) is 5.82 Å². The van der Waals surface area contributed by atoms with Crippen LogP contribution in [0.5, 0.6) is 0 Å². The summed E-state index contributed by atoms with van der Waals surface area (Å²) in [6.07, 6.45) is 6.66. The van der Waals surface area contributed by atoms with E-state index >= 15 is 0 Å². The zero-order valence-electron chi connectivity index (χ0n) is 14.3. The Bertz CT molecular complexity index is 847. The van der Waals surface area contributed by atoms with E-state index in [0.29, 0.717) is 23.7 Å². The van der Waals surface area contributed by atoms with Crippen molar-refractivity contribution in [1.29, 1.82) is 0 Å². The van der Waals surface area contributed by atoms with Gasteiger partial charge in [0, 0.05) is 42.7 Å². The van der Waals surface area contributed by atoms with Crippen LogP contribution in [0.15, 0.2) is 48.9 Å². The van der Waals surface area contributed by atoms with Gasteiger partial charge < -0.3 is 10.4 Å². The van der Waals surface area contributed by atoms with Gasteiger partial charge in [0.25, 0.3) is 0 Å². The zero-order chi connectivity index (χ0) is 17.9. The number of aromatic nitrogens is 4. The Morgan fingerprint density at radius 3 is 2.96 bits per heavy atom. The third-order valence-electron chi connectivity index (χ3n) is 5.05. The number of aromatic amines is 1. The second-order valence-electron chi connectivity index (χ2n) is 6.87. The molecule has 0 amide bonds. The standard InChI is InChI=1S/C19H22FN5O/c20-16-5-2-1-4-15(16)19-14(11-22-24-19)10-21-17-8-13(9-18(17)26)12-25-7-3-6-23-25/h1-7,11,13,17-18,21,26H,8-10,12H2,(H,22,24)/t13?,17-,18-/m1/s1. The van der Waals surface area contributed by atoms with Crippen LogP contribution in [0.1, 0.15) is 18.4 Å². The molecular formula is C19H22FN5O. The highest BCUT2D eigenvalue weighted by Crippen LogP contribution is 2.29. The number of rotatable bonds is 6. The highest BCUT2D eigenvalue weighted by Gasteiger charge is 2.33. The minimum atomic E-state index is -0.389. The summed E-state index contributed by atoms with van der Waals surface area (Å²) >= 11 is 0. The average molecular weight is 355 g/mol. The predicted octanol–water partition coefficient (Wildman–Crippen LogP) is 2.34. The fraction of sp³-hybridized carbons (Fsp3) is 0.368. The molecule has 0 saturated heterocycles. The number of hydrogen-bond donors (Lipinski definition) is 3. The SMILES string of the molecule is O[C@@H]1CC(Cn2cccn2)C[C@H]1NCc1cn[nH]c1-c1ccccc1F. The monoisotopic (exact) mass is 355 g/mol. The highest BCUT2D eigenvalue weighted by atomic mass is 19.1. The number of H-pyrrole nitrogens is 1. The summed E-state index contributed by atoms with van der Waals surface area (Å²) in [4.78, 5) is 0. The van der Waals surface area contributed by atoms with Gasteiger partial charge >= 0.3 is 0 Å². The highest BCUT2D eigenvalue weighted by molar-refractivity contribution is 5.63. The van der Waals surface area contributed by atoms with E-state index in [1.807, 2.05) is 16.9 Å². The number of hydrogen-bond acceptors (Lipinski definition) is 4. The Morgan fingerprint density at radius 2 is 2.15 bits per heavy atom. The first kappa shape index (κ1) is 16.9. The summed E-state index contributed by atoms with van der Waals surface area (Å²) < 4.78 is 16.0. The maximum Gasteiger partial charge on any atom is 0.132 e. The molecule has 6 nitrogen and oxygen atoms in total. The van der Waals surface area contributed by atoms with Gasteiger partial charge in [-0.1, -0.05) is 12.1 Å². The summed E-state index contributed by atoms with van der Waals surface area (Å²) in [5, 5.41) is 25.0. The van der Waals surface area contributed by atoms with E-state index in [1.54, 1.807) is 30.6 Å². The number of halogens is 1. The normalized spacial score (nSPS) is 22.8. The van der Waals surface area contributed by atoms with E-state index in [-0.39, 0.29) is 18.0 Å². The Kier molecular flexibility index (Phi) is 4.81. The van der Waals surface area contributed by atoms with Crippen LogP contribution in [0, 0.1) is 11.7 Å². The topological polar surface area (TPSA) is 78.8 Å². The molecule has 1 saturated carbocycles. The first-order chi connectivity index (χ1) is 12.7. The first-order valence-electron chi connectivity index (χ1n) is 8.86. The van der Waals surface area contributed by atoms with Gasteiger partial charge in [0.05, 0.1) is 18.0 Å². The summed E-state index contributed by atoms with van der Waals surface area (Å²) in [6.45, 7) is 1.34. The van der Waals surface area contributed by atoms with Gasteiger partial charge in [0.2, 0.25) is 0 Å². The quantitative estimate of drug-likeness (QED) is 0.634. The number of aliphatic hydroxyl groups excluding tert-OH is 1. The Hall–Kier alpha value is -2.51. The average Bonchev–Trinajstić information content (AvgIpc) is 3.36. The molecule has 2 aromatic heterocycles. The molecule has 1 fully saturated rings. The molecular weight excluding hydrogens is 333 g/mol. The van der Waals surface area contributed by atoms with Crippen molar-refractivity contribution in [2.75, 3.05) is 0 Å². The van der Waals surface area contributed by atoms with E-state index < -0.39 is 0 Å². The lowest BCUT2D eigenvalue weighted by atomic mass is 10.1. The van der Waals surface area contributed by atoms with Gasteiger partial charge in [-0.2, -0.15) is 10.2 Å². The van der Waals surface area contributed by atoms with Gasteiger partial charge in [-0.05, 0) is 37.0 Å². The minimum absolute atomic E-state index is 0.0129. The molecule has 1 unspecified atom stereocenters. The molecule has 0 aliphatic heterocycles. The van der Waals surface area contributed by atoms with Gasteiger partial charge in [0.15, 0.2) is 0 Å². The number of benzene rings is 1. The number of nitrogens with zero attached hydrogens (tertiary/aromatic N) is 3. The van der Waals surface area contributed by atoms with Crippen LogP contribution in [0.3, 0.4) is 0 Å². The predicted molar refractivity (Wildman–Crippen MR) is 95.6 cm³/mol. The third-order valence-corrected chi connectivity index (χ3v) is 5.05. The van der Waals surface area contributed by atoms with E-state index in [1.165, 1.54) is 6.07 Å². The van der Waals surface area contributed by atoms with Crippen LogP contribution < -0.4 is 5.32 Å². The molecule has 26 heavy (non-hydrogen) atoms. The summed E-state index contributed by atoms with van der Waals surface area (Å²) in [5.74, 6) is 0.107. The molecule has 4 rings (SSSR count). The summed E-state index contributed by atoms with van der Waals surface area (Å²) in [6, 6.07) is 8.56. The smallest absolute Gasteiger partial charge is 0.132 e. The Morgan fingerprint density at radius 1 is 1.27 bits per heavy atom. The van der Waals surface area contributed by atoms with E-state index in [9.17, 15) is 9.50 Å². The molecule has 2 heterocycles. The molecule has 3 aromatic rings. The molecule has 0 bridgehead atoms. The van der Waals surface area contributed by atoms with Crippen molar-refractivity contribution >= 4 is 0 Å². The van der Waals surface area contributed by atoms with Crippen molar-refractivity contribution in [3.05, 3.63) is 60.3 Å². The Labute approximate surface area is 151 Å². The maximum atomic E-state index is 14.1. The van der Waals surface area contributed by atoms with Gasteiger partial charge in [-0.3, -0.25) is 9.78 Å². The largest absolute Gasteiger partial charge is 0.391 e. The molecule has 3 N–H and O–H groups in total. The molecule has 1 aromatic carbocycles. The zero-order valence-corrected chi connectivity index (χ0v) is 14.3. The van der Waals surface area contributed by atoms with Crippen LogP contribution in [0.4, 0.5) is 4.39 Å². The van der Waals surface area contributed by atoms with Crippen LogP contribution in [0.2, 0.25) is 0 Å². The number of aliphatic hydroxyl groups is 1. The van der Waals surface area contributed by atoms with Crippen LogP contribution >= 0.6 is 0 Å². The first-order valence-corrected chi connectivity index (χ1v) is 8.86. The number of nitrogens with one attached hydrogen (secondary N) is 2. The van der Waals surface area contributed by atoms with E-state index in [0.717, 1.165) is 24.9 Å². The lowest BCUT2D eigenvalue weighted by molar-refractivity contribution is 0.145. The molecule has 3 atom stereocenters. The fourth-order valence-electron chi connectivity index (χ4n) is 3.74. The van der Waals surface area contributed by atoms with E-state index in [4.69, 9.17) is 0 Å². The Balaban J connectivity index is 1.39. The maximum absolute atomic E-state index is 14.1. The lowest BCUT2D eigenvalue weighted by Crippen LogP contribution is -2.35. The fourth-order valence-corrected chi connectivity index (χ4v) is 3.74. The van der Waals surface area contributed by atoms with Crippen molar-refractivity contribution in [2.24, 2.45) is 5.92 Å². The van der Waals surface area contributed by atoms with Crippen molar-refractivity contribution < 1.29 is 9.50 Å². The van der Waals surface area contributed by atoms with Crippen LogP contribution in [-0.4, -0.2) is 37.2 Å². The van der Waals surface area contributed by atoms with Crippen LogP contribution in [-0.2, 0) is 13.1 Å². The molecule has 136 valence electrons. The van der Waals surface area contributed by atoms with Crippen molar-refractivity contribution in [2.45, 2.75) is 38.1 Å². The lowest BCUT2D eigenvalue weighted by Gasteiger charge is -2.16.